The topological polar surface area (TPSA) is 26.3 Å². The molecule has 0 heterocycles. The Labute approximate surface area is 180 Å². The highest BCUT2D eigenvalue weighted by Gasteiger charge is 2.61. The average molecular weight is 514 g/mol. The third-order valence-corrected chi connectivity index (χ3v) is 5.94. The first-order valence-corrected chi connectivity index (χ1v) is 10.5. The fraction of sp³-hybridized carbons (Fsp3) is 0.318. The van der Waals surface area contributed by atoms with Gasteiger partial charge in [-0.25, -0.2) is 8.78 Å². The normalized spacial score (nSPS) is 19.8. The Balaban J connectivity index is 1.79. The molecule has 28 heavy (non-hydrogen) atoms. The Bertz CT molecular complexity index is 921. The van der Waals surface area contributed by atoms with Crippen molar-refractivity contribution in [1.82, 2.24) is 0 Å². The van der Waals surface area contributed by atoms with Crippen LogP contribution in [0.5, 0.6) is 0 Å². The van der Waals surface area contributed by atoms with Gasteiger partial charge in [-0.2, -0.15) is 0 Å². The Hall–Kier alpha value is -1.53. The summed E-state index contributed by atoms with van der Waals surface area (Å²) in [5.74, 6) is -0.907. The number of ether oxygens (including phenoxy) is 1. The largest absolute Gasteiger partial charge is 0.461 e. The molecule has 0 unspecified atom stereocenters. The molecule has 0 N–H and O–H groups in total. The minimum atomic E-state index is -0.770. The van der Waals surface area contributed by atoms with Crippen molar-refractivity contribution >= 4 is 37.8 Å². The molecule has 148 valence electrons. The van der Waals surface area contributed by atoms with E-state index in [1.807, 2.05) is 19.9 Å². The summed E-state index contributed by atoms with van der Waals surface area (Å²) >= 11 is 6.65. The molecule has 2 atom stereocenters. The van der Waals surface area contributed by atoms with Crippen LogP contribution in [-0.4, -0.2) is 5.97 Å². The van der Waals surface area contributed by atoms with E-state index in [1.165, 1.54) is 6.07 Å². The third kappa shape index (κ3) is 4.23. The van der Waals surface area contributed by atoms with Crippen molar-refractivity contribution in [3.05, 3.63) is 68.9 Å². The van der Waals surface area contributed by atoms with Crippen LogP contribution in [0.2, 0.25) is 0 Å². The summed E-state index contributed by atoms with van der Waals surface area (Å²) in [4.78, 5) is 12.6. The maximum atomic E-state index is 14.2. The van der Waals surface area contributed by atoms with Gasteiger partial charge in [-0.1, -0.05) is 56.3 Å². The highest BCUT2D eigenvalue weighted by Crippen LogP contribution is 2.60. The molecule has 0 aliphatic heterocycles. The van der Waals surface area contributed by atoms with Crippen molar-refractivity contribution in [3.63, 3.8) is 0 Å². The van der Waals surface area contributed by atoms with Crippen LogP contribution in [0.3, 0.4) is 0 Å². The van der Waals surface area contributed by atoms with E-state index in [9.17, 15) is 13.6 Å². The third-order valence-electron chi connectivity index (χ3n) is 5.41. The quantitative estimate of drug-likeness (QED) is 0.392. The van der Waals surface area contributed by atoms with E-state index in [-0.39, 0.29) is 29.8 Å². The van der Waals surface area contributed by atoms with Crippen LogP contribution in [0.4, 0.5) is 8.78 Å². The van der Waals surface area contributed by atoms with Gasteiger partial charge in [0.15, 0.2) is 0 Å². The lowest BCUT2D eigenvalue weighted by Gasteiger charge is -2.14. The Morgan fingerprint density at radius 3 is 2.46 bits per heavy atom. The summed E-state index contributed by atoms with van der Waals surface area (Å²) in [6, 6.07) is 11.4. The molecule has 3 rings (SSSR count). The van der Waals surface area contributed by atoms with Gasteiger partial charge in [-0.15, -0.1) is 0 Å². The van der Waals surface area contributed by atoms with Crippen LogP contribution in [0, 0.1) is 23.1 Å². The van der Waals surface area contributed by atoms with Crippen molar-refractivity contribution in [2.45, 2.75) is 27.1 Å². The van der Waals surface area contributed by atoms with Crippen LogP contribution < -0.4 is 0 Å². The lowest BCUT2D eigenvalue weighted by molar-refractivity contribution is -0.147. The minimum absolute atomic E-state index is 0.0428. The van der Waals surface area contributed by atoms with E-state index in [4.69, 9.17) is 4.74 Å². The first-order chi connectivity index (χ1) is 13.3. The van der Waals surface area contributed by atoms with E-state index in [0.717, 1.165) is 3.39 Å². The number of alkyl halides is 1. The van der Waals surface area contributed by atoms with Crippen molar-refractivity contribution < 1.29 is 18.3 Å². The molecule has 0 aromatic heterocycles. The van der Waals surface area contributed by atoms with E-state index in [2.05, 4.69) is 31.9 Å². The zero-order valence-corrected chi connectivity index (χ0v) is 18.7. The van der Waals surface area contributed by atoms with Gasteiger partial charge >= 0.3 is 5.97 Å². The first kappa shape index (κ1) is 21.2. The second kappa shape index (κ2) is 8.46. The number of carbonyl (C=O) groups excluding carboxylic acids is 1. The maximum absolute atomic E-state index is 14.2. The van der Waals surface area contributed by atoms with E-state index in [1.54, 1.807) is 36.4 Å². The van der Waals surface area contributed by atoms with Gasteiger partial charge in [0, 0.05) is 5.56 Å². The smallest absolute Gasteiger partial charge is 0.310 e. The van der Waals surface area contributed by atoms with Gasteiger partial charge in [-0.3, -0.25) is 4.79 Å². The molecule has 1 saturated carbocycles. The fourth-order valence-electron chi connectivity index (χ4n) is 3.67. The van der Waals surface area contributed by atoms with Crippen molar-refractivity contribution in [1.29, 1.82) is 0 Å². The summed E-state index contributed by atoms with van der Waals surface area (Å²) in [5.41, 5.74) is 1.50. The number of rotatable bonds is 6. The van der Waals surface area contributed by atoms with Gasteiger partial charge < -0.3 is 4.74 Å². The highest BCUT2D eigenvalue weighted by atomic mass is 79.9. The SMILES string of the molecule is CC1(C)[C@H](C(=O)OCc2cccc(-c3ccccc3F)c2CF)[C@@H]1C=C(Br)Br. The monoisotopic (exact) mass is 512 g/mol. The summed E-state index contributed by atoms with van der Waals surface area (Å²) in [7, 11) is 0. The lowest BCUT2D eigenvalue weighted by atomic mass is 9.96. The Morgan fingerprint density at radius 1 is 1.14 bits per heavy atom. The maximum Gasteiger partial charge on any atom is 0.310 e. The van der Waals surface area contributed by atoms with E-state index in [0.29, 0.717) is 22.3 Å². The number of allylic oxidation sites excluding steroid dienone is 1. The molecule has 0 saturated heterocycles. The van der Waals surface area contributed by atoms with Crippen molar-refractivity contribution in [2.24, 2.45) is 17.3 Å². The standard InChI is InChI=1S/C22H20Br2F2O2/c1-22(2)17(10-19(23)24)20(22)21(27)28-12-13-6-5-8-14(16(13)11-25)15-7-3-4-9-18(15)26/h3-10,17,20H,11-12H2,1-2H3/t17-,20-/m0/s1. The summed E-state index contributed by atoms with van der Waals surface area (Å²) < 4.78 is 34.3. The summed E-state index contributed by atoms with van der Waals surface area (Å²) in [6.45, 7) is 3.21. The van der Waals surface area contributed by atoms with Crippen LogP contribution in [0.25, 0.3) is 11.1 Å². The molecule has 6 heteroatoms. The van der Waals surface area contributed by atoms with Crippen molar-refractivity contribution in [2.75, 3.05) is 0 Å². The number of hydrogen-bond donors (Lipinski definition) is 0. The highest BCUT2D eigenvalue weighted by molar-refractivity contribution is 9.28. The minimum Gasteiger partial charge on any atom is -0.461 e. The van der Waals surface area contributed by atoms with Gasteiger partial charge in [-0.05, 0) is 65.9 Å². The van der Waals surface area contributed by atoms with E-state index < -0.39 is 12.5 Å². The van der Waals surface area contributed by atoms with Crippen LogP contribution >= 0.6 is 31.9 Å². The van der Waals surface area contributed by atoms with Crippen molar-refractivity contribution in [3.8, 4) is 11.1 Å². The molecule has 2 nitrogen and oxygen atoms in total. The summed E-state index contributed by atoms with van der Waals surface area (Å²) in [5, 5.41) is 0. The molecular formula is C22H20Br2F2O2. The number of esters is 1. The Kier molecular flexibility index (Phi) is 6.40. The molecule has 2 aromatic carbocycles. The van der Waals surface area contributed by atoms with Gasteiger partial charge in [0.25, 0.3) is 0 Å². The Morgan fingerprint density at radius 2 is 1.82 bits per heavy atom. The van der Waals surface area contributed by atoms with Crippen LogP contribution in [0.15, 0.2) is 51.9 Å². The predicted molar refractivity (Wildman–Crippen MR) is 113 cm³/mol. The second-order valence-corrected chi connectivity index (χ2v) is 10.2. The lowest BCUT2D eigenvalue weighted by Crippen LogP contribution is -2.11. The summed E-state index contributed by atoms with van der Waals surface area (Å²) in [6.07, 6.45) is 1.94. The molecule has 0 amide bonds. The molecule has 1 aliphatic rings. The molecule has 0 radical (unpaired) electrons. The fourth-order valence-corrected chi connectivity index (χ4v) is 4.24. The van der Waals surface area contributed by atoms with Gasteiger partial charge in [0.1, 0.15) is 19.1 Å². The van der Waals surface area contributed by atoms with Gasteiger partial charge in [0.2, 0.25) is 0 Å². The van der Waals surface area contributed by atoms with Crippen LogP contribution in [0.1, 0.15) is 25.0 Å². The van der Waals surface area contributed by atoms with Crippen LogP contribution in [-0.2, 0) is 22.8 Å². The second-order valence-electron chi connectivity index (χ2n) is 7.45. The molecule has 0 bridgehead atoms. The molecule has 1 fully saturated rings. The number of carbonyl (C=O) groups is 1. The predicted octanol–water partition coefficient (Wildman–Crippen LogP) is 6.91. The zero-order valence-electron chi connectivity index (χ0n) is 15.5. The number of halogens is 4. The number of benzene rings is 2. The van der Waals surface area contributed by atoms with Gasteiger partial charge in [0.05, 0.1) is 9.31 Å². The molecule has 0 spiro atoms. The van der Waals surface area contributed by atoms with E-state index >= 15 is 0 Å². The number of hydrogen-bond acceptors (Lipinski definition) is 2. The zero-order chi connectivity index (χ0) is 20.5. The molecule has 1 aliphatic carbocycles. The first-order valence-electron chi connectivity index (χ1n) is 8.88. The molecule has 2 aromatic rings. The molecular weight excluding hydrogens is 494 g/mol. The average Bonchev–Trinajstić information content (AvgIpc) is 3.19.